The predicted molar refractivity (Wildman–Crippen MR) is 48.0 cm³/mol. The van der Waals surface area contributed by atoms with Gasteiger partial charge in [-0.05, 0) is 0 Å². The number of allylic oxidation sites excluding steroid dienone is 1. The molecule has 1 aliphatic rings. The van der Waals surface area contributed by atoms with E-state index in [1.807, 2.05) is 10.4 Å². The highest BCUT2D eigenvalue weighted by molar-refractivity contribution is 9.09. The van der Waals surface area contributed by atoms with Crippen LogP contribution < -0.4 is 0 Å². The quantitative estimate of drug-likeness (QED) is 0.443. The van der Waals surface area contributed by atoms with Crippen molar-refractivity contribution in [2.24, 2.45) is 0 Å². The summed E-state index contributed by atoms with van der Waals surface area (Å²) in [6, 6.07) is 0. The van der Waals surface area contributed by atoms with Crippen molar-refractivity contribution in [2.45, 2.75) is 0 Å². The van der Waals surface area contributed by atoms with Crippen molar-refractivity contribution in [2.75, 3.05) is 12.4 Å². The van der Waals surface area contributed by atoms with Gasteiger partial charge in [-0.2, -0.15) is 3.33 Å². The van der Waals surface area contributed by atoms with Crippen molar-refractivity contribution in [3.63, 3.8) is 0 Å². The summed E-state index contributed by atoms with van der Waals surface area (Å²) in [6.45, 7) is 0. The van der Waals surface area contributed by atoms with Gasteiger partial charge in [0.25, 0.3) is 0 Å². The second kappa shape index (κ2) is 3.27. The van der Waals surface area contributed by atoms with Crippen LogP contribution in [0.5, 0.6) is 0 Å². The average Bonchev–Trinajstić information content (AvgIpc) is 2.45. The molecule has 0 aromatic carbocycles. The molecule has 1 aliphatic heterocycles. The first-order valence-corrected chi connectivity index (χ1v) is 4.93. The Kier molecular flexibility index (Phi) is 2.88. The predicted octanol–water partition coefficient (Wildman–Crippen LogP) is 2.34. The molecule has 2 nitrogen and oxygen atoms in total. The first-order chi connectivity index (χ1) is 4.24. The third kappa shape index (κ3) is 2.49. The van der Waals surface area contributed by atoms with Crippen molar-refractivity contribution in [3.05, 3.63) is 11.9 Å². The number of hydrogen-bond donors (Lipinski definition) is 0. The fourth-order valence-electron chi connectivity index (χ4n) is 0.397. The molecule has 0 atom stereocenters. The van der Waals surface area contributed by atoms with Crippen molar-refractivity contribution in [1.82, 2.24) is 7.64 Å². The molecule has 1 rings (SSSR count). The van der Waals surface area contributed by atoms with E-state index in [1.54, 1.807) is 12.1 Å². The lowest BCUT2D eigenvalue weighted by Gasteiger charge is -2.06. The maximum Gasteiger partial charge on any atom is 0.0583 e. The molecule has 0 aromatic rings. The molecular weight excluding hydrogens is 268 g/mol. The summed E-state index contributed by atoms with van der Waals surface area (Å²) in [5, 5.41) is 0.945. The Morgan fingerprint density at radius 1 is 1.89 bits per heavy atom. The van der Waals surface area contributed by atoms with Crippen molar-refractivity contribution < 1.29 is 0 Å². The zero-order valence-corrected chi connectivity index (χ0v) is 8.83. The standard InChI is InChI=1S/C4H6Br2N2S/c1-7(6)9-8-3-4(8)2-5/h3H,2H2,1H3. The smallest absolute Gasteiger partial charge is 0.0583 e. The molecule has 0 bridgehead atoms. The number of alkyl halides is 1. The first-order valence-electron chi connectivity index (χ1n) is 2.37. The van der Waals surface area contributed by atoms with Crippen LogP contribution in [-0.2, 0) is 0 Å². The van der Waals surface area contributed by atoms with Crippen LogP contribution in [0.15, 0.2) is 11.9 Å². The van der Waals surface area contributed by atoms with Crippen LogP contribution in [0.2, 0.25) is 0 Å². The molecule has 1 heterocycles. The van der Waals surface area contributed by atoms with E-state index in [1.165, 1.54) is 5.70 Å². The third-order valence-electron chi connectivity index (χ3n) is 0.819. The largest absolute Gasteiger partial charge is 0.278 e. The Hall–Kier alpha value is 0.810. The van der Waals surface area contributed by atoms with Crippen molar-refractivity contribution >= 4 is 44.2 Å². The lowest BCUT2D eigenvalue weighted by Crippen LogP contribution is -1.97. The summed E-state index contributed by atoms with van der Waals surface area (Å²) in [4.78, 5) is 0. The third-order valence-corrected chi connectivity index (χ3v) is 2.52. The summed E-state index contributed by atoms with van der Waals surface area (Å²) in [7, 11) is 1.95. The Morgan fingerprint density at radius 2 is 2.56 bits per heavy atom. The Labute approximate surface area is 76.0 Å². The van der Waals surface area contributed by atoms with Gasteiger partial charge < -0.3 is 0 Å². The van der Waals surface area contributed by atoms with E-state index in [2.05, 4.69) is 42.6 Å². The van der Waals surface area contributed by atoms with Crippen LogP contribution in [0.4, 0.5) is 0 Å². The molecule has 0 saturated heterocycles. The maximum absolute atomic E-state index is 3.35. The van der Waals surface area contributed by atoms with Gasteiger partial charge in [0.15, 0.2) is 0 Å². The molecule has 0 spiro atoms. The average molecular weight is 274 g/mol. The van der Waals surface area contributed by atoms with Crippen LogP contribution in [0.25, 0.3) is 0 Å². The van der Waals surface area contributed by atoms with Gasteiger partial charge in [0.2, 0.25) is 0 Å². The normalized spacial score (nSPS) is 16.4. The molecule has 5 heteroatoms. The second-order valence-corrected chi connectivity index (χ2v) is 4.78. The maximum atomic E-state index is 3.35. The highest BCUT2D eigenvalue weighted by Gasteiger charge is 2.20. The zero-order chi connectivity index (χ0) is 6.85. The van der Waals surface area contributed by atoms with Gasteiger partial charge in [0.05, 0.1) is 17.8 Å². The monoisotopic (exact) mass is 272 g/mol. The highest BCUT2D eigenvalue weighted by Crippen LogP contribution is 2.34. The molecule has 0 aromatic heterocycles. The van der Waals surface area contributed by atoms with Gasteiger partial charge >= 0.3 is 0 Å². The molecule has 0 amide bonds. The van der Waals surface area contributed by atoms with E-state index in [4.69, 9.17) is 0 Å². The summed E-state index contributed by atoms with van der Waals surface area (Å²) in [5.41, 5.74) is 1.33. The summed E-state index contributed by atoms with van der Waals surface area (Å²) < 4.78 is 3.96. The Bertz CT molecular complexity index is 137. The lowest BCUT2D eigenvalue weighted by atomic mass is 10.7. The van der Waals surface area contributed by atoms with E-state index in [0.717, 1.165) is 5.33 Å². The van der Waals surface area contributed by atoms with Gasteiger partial charge in [0.1, 0.15) is 0 Å². The minimum atomic E-state index is 0.945. The first kappa shape index (κ1) is 7.91. The van der Waals surface area contributed by atoms with E-state index in [9.17, 15) is 0 Å². The van der Waals surface area contributed by atoms with Crippen molar-refractivity contribution in [3.8, 4) is 0 Å². The minimum Gasteiger partial charge on any atom is -0.278 e. The SMILES string of the molecule is CN(Br)SN1C=C1CBr. The van der Waals surface area contributed by atoms with Crippen LogP contribution in [0.1, 0.15) is 0 Å². The fraction of sp³-hybridized carbons (Fsp3) is 0.500. The molecule has 9 heavy (non-hydrogen) atoms. The van der Waals surface area contributed by atoms with Crippen LogP contribution >= 0.6 is 44.2 Å². The van der Waals surface area contributed by atoms with Crippen LogP contribution in [-0.4, -0.2) is 20.0 Å². The fourth-order valence-corrected chi connectivity index (χ4v) is 1.98. The van der Waals surface area contributed by atoms with Crippen LogP contribution in [0.3, 0.4) is 0 Å². The molecule has 0 saturated carbocycles. The lowest BCUT2D eigenvalue weighted by molar-refractivity contribution is 0.880. The number of rotatable bonds is 3. The van der Waals surface area contributed by atoms with Gasteiger partial charge in [-0.1, -0.05) is 15.9 Å². The second-order valence-electron chi connectivity index (χ2n) is 1.58. The number of halogens is 2. The van der Waals surface area contributed by atoms with E-state index >= 15 is 0 Å². The molecule has 0 aliphatic carbocycles. The molecule has 0 unspecified atom stereocenters. The van der Waals surface area contributed by atoms with Gasteiger partial charge in [-0.3, -0.25) is 4.31 Å². The Balaban J connectivity index is 2.09. The summed E-state index contributed by atoms with van der Waals surface area (Å²) >= 11 is 8.24. The number of nitrogens with zero attached hydrogens (tertiary/aromatic N) is 2. The highest BCUT2D eigenvalue weighted by atomic mass is 79.9. The molecule has 0 fully saturated rings. The topological polar surface area (TPSA) is 6.25 Å². The zero-order valence-electron chi connectivity index (χ0n) is 4.84. The molecular formula is C4H6Br2N2S. The summed E-state index contributed by atoms with van der Waals surface area (Å²) in [6.07, 6.45) is 2.08. The summed E-state index contributed by atoms with van der Waals surface area (Å²) in [5.74, 6) is 0. The van der Waals surface area contributed by atoms with Gasteiger partial charge in [-0.15, -0.1) is 0 Å². The van der Waals surface area contributed by atoms with Gasteiger partial charge in [-0.25, -0.2) is 0 Å². The molecule has 0 radical (unpaired) electrons. The Morgan fingerprint density at radius 3 is 2.89 bits per heavy atom. The molecule has 0 N–H and O–H groups in total. The number of hydrogen-bond acceptors (Lipinski definition) is 3. The van der Waals surface area contributed by atoms with E-state index in [-0.39, 0.29) is 0 Å². The van der Waals surface area contributed by atoms with Crippen molar-refractivity contribution in [1.29, 1.82) is 0 Å². The van der Waals surface area contributed by atoms with Gasteiger partial charge in [0, 0.05) is 34.7 Å². The van der Waals surface area contributed by atoms with E-state index < -0.39 is 0 Å². The van der Waals surface area contributed by atoms with Crippen LogP contribution in [0, 0.1) is 0 Å². The minimum absolute atomic E-state index is 0.945. The van der Waals surface area contributed by atoms with E-state index in [0.29, 0.717) is 0 Å². The molecule has 52 valence electrons.